The van der Waals surface area contributed by atoms with Crippen LogP contribution in [0.5, 0.6) is 5.75 Å². The van der Waals surface area contributed by atoms with E-state index in [4.69, 9.17) is 9.47 Å². The highest BCUT2D eigenvalue weighted by Gasteiger charge is 2.29. The summed E-state index contributed by atoms with van der Waals surface area (Å²) in [5, 5.41) is 0. The van der Waals surface area contributed by atoms with Gasteiger partial charge in [-0.2, -0.15) is 0 Å². The zero-order valence-electron chi connectivity index (χ0n) is 14.6. The van der Waals surface area contributed by atoms with E-state index in [2.05, 4.69) is 65.2 Å². The Morgan fingerprint density at radius 2 is 1.76 bits per heavy atom. The number of rotatable bonds is 4. The summed E-state index contributed by atoms with van der Waals surface area (Å²) >= 11 is 0. The highest BCUT2D eigenvalue weighted by Crippen LogP contribution is 2.37. The molecule has 25 heavy (non-hydrogen) atoms. The number of ether oxygens (including phenoxy) is 2. The predicted molar refractivity (Wildman–Crippen MR) is 99.5 cm³/mol. The molecule has 1 unspecified atom stereocenters. The van der Waals surface area contributed by atoms with Crippen LogP contribution in [-0.4, -0.2) is 24.8 Å². The molecule has 1 saturated heterocycles. The first kappa shape index (κ1) is 15.8. The number of aromatic nitrogens is 1. The average Bonchev–Trinajstić information content (AvgIpc) is 3.31. The van der Waals surface area contributed by atoms with Crippen LogP contribution in [-0.2, 0) is 4.74 Å². The summed E-state index contributed by atoms with van der Waals surface area (Å²) < 4.78 is 13.7. The molecule has 0 radical (unpaired) electrons. The van der Waals surface area contributed by atoms with Gasteiger partial charge in [0.2, 0.25) is 0 Å². The molecule has 1 aromatic heterocycles. The lowest BCUT2D eigenvalue weighted by Crippen LogP contribution is -2.23. The summed E-state index contributed by atoms with van der Waals surface area (Å²) in [7, 11) is 1.71. The molecule has 1 aliphatic heterocycles. The van der Waals surface area contributed by atoms with E-state index in [1.165, 1.54) is 11.3 Å². The summed E-state index contributed by atoms with van der Waals surface area (Å²) in [6.07, 6.45) is 4.15. The summed E-state index contributed by atoms with van der Waals surface area (Å²) in [5.74, 6) is 0.872. The zero-order chi connectivity index (χ0) is 17.2. The molecule has 0 saturated carbocycles. The van der Waals surface area contributed by atoms with Crippen molar-refractivity contribution in [3.05, 3.63) is 78.1 Å². The predicted octanol–water partition coefficient (Wildman–Crippen LogP) is 4.33. The Balaban J connectivity index is 1.67. The Morgan fingerprint density at radius 3 is 2.56 bits per heavy atom. The minimum absolute atomic E-state index is 0.0958. The van der Waals surface area contributed by atoms with Crippen molar-refractivity contribution < 1.29 is 9.47 Å². The highest BCUT2D eigenvalue weighted by molar-refractivity contribution is 5.60. The standard InChI is InChI=1S/C21H22N2O2/c1-16-7-3-4-8-18(16)22-12-11-17(15-22)21-23(13-14-25-21)19-9-5-6-10-20(19)24-2/h3-12,15,21H,13-14H2,1-2H3. The summed E-state index contributed by atoms with van der Waals surface area (Å²) in [4.78, 5) is 2.26. The zero-order valence-corrected chi connectivity index (χ0v) is 14.6. The lowest BCUT2D eigenvalue weighted by atomic mass is 10.2. The molecule has 128 valence electrons. The van der Waals surface area contributed by atoms with E-state index in [0.29, 0.717) is 6.61 Å². The van der Waals surface area contributed by atoms with E-state index >= 15 is 0 Å². The second-order valence-corrected chi connectivity index (χ2v) is 6.23. The van der Waals surface area contributed by atoms with Crippen LogP contribution < -0.4 is 9.64 Å². The average molecular weight is 334 g/mol. The smallest absolute Gasteiger partial charge is 0.158 e. The van der Waals surface area contributed by atoms with Gasteiger partial charge in [0, 0.05) is 30.2 Å². The number of aryl methyl sites for hydroxylation is 1. The largest absolute Gasteiger partial charge is 0.495 e. The van der Waals surface area contributed by atoms with Crippen molar-refractivity contribution in [3.8, 4) is 11.4 Å². The molecule has 1 aliphatic rings. The maximum absolute atomic E-state index is 6.04. The van der Waals surface area contributed by atoms with Crippen LogP contribution in [0.1, 0.15) is 17.4 Å². The molecule has 0 spiro atoms. The first-order valence-corrected chi connectivity index (χ1v) is 8.53. The molecular weight excluding hydrogens is 312 g/mol. The van der Waals surface area contributed by atoms with Gasteiger partial charge in [-0.3, -0.25) is 0 Å². The molecule has 1 fully saturated rings. The fourth-order valence-corrected chi connectivity index (χ4v) is 3.42. The number of para-hydroxylation sites is 3. The van der Waals surface area contributed by atoms with Gasteiger partial charge >= 0.3 is 0 Å². The van der Waals surface area contributed by atoms with E-state index in [1.54, 1.807) is 7.11 Å². The summed E-state index contributed by atoms with van der Waals surface area (Å²) in [6.45, 7) is 3.68. The third-order valence-corrected chi connectivity index (χ3v) is 4.68. The molecule has 4 rings (SSSR count). The number of hydrogen-bond donors (Lipinski definition) is 0. The molecule has 3 aromatic rings. The maximum Gasteiger partial charge on any atom is 0.158 e. The number of nitrogens with zero attached hydrogens (tertiary/aromatic N) is 2. The second-order valence-electron chi connectivity index (χ2n) is 6.23. The van der Waals surface area contributed by atoms with Crippen LogP contribution in [0.25, 0.3) is 5.69 Å². The number of methoxy groups -OCH3 is 1. The Morgan fingerprint density at radius 1 is 1.00 bits per heavy atom. The minimum Gasteiger partial charge on any atom is -0.495 e. The van der Waals surface area contributed by atoms with Gasteiger partial charge in [-0.05, 0) is 36.8 Å². The van der Waals surface area contributed by atoms with Crippen molar-refractivity contribution >= 4 is 5.69 Å². The van der Waals surface area contributed by atoms with Gasteiger partial charge in [0.15, 0.2) is 6.23 Å². The highest BCUT2D eigenvalue weighted by atomic mass is 16.5. The van der Waals surface area contributed by atoms with E-state index in [9.17, 15) is 0 Å². The first-order valence-electron chi connectivity index (χ1n) is 8.53. The molecule has 2 aromatic carbocycles. The number of hydrogen-bond acceptors (Lipinski definition) is 3. The molecule has 0 N–H and O–H groups in total. The van der Waals surface area contributed by atoms with Gasteiger partial charge in [0.25, 0.3) is 0 Å². The number of benzene rings is 2. The van der Waals surface area contributed by atoms with Crippen molar-refractivity contribution in [1.29, 1.82) is 0 Å². The van der Waals surface area contributed by atoms with Gasteiger partial charge in [0.1, 0.15) is 5.75 Å². The molecule has 4 nitrogen and oxygen atoms in total. The van der Waals surface area contributed by atoms with Gasteiger partial charge in [0.05, 0.1) is 19.4 Å². The Hall–Kier alpha value is -2.72. The van der Waals surface area contributed by atoms with E-state index in [-0.39, 0.29) is 6.23 Å². The van der Waals surface area contributed by atoms with Crippen LogP contribution in [0.2, 0.25) is 0 Å². The second kappa shape index (κ2) is 6.65. The Labute approximate surface area is 148 Å². The van der Waals surface area contributed by atoms with Crippen LogP contribution in [0.4, 0.5) is 5.69 Å². The molecule has 4 heteroatoms. The normalized spacial score (nSPS) is 17.0. The van der Waals surface area contributed by atoms with Crippen molar-refractivity contribution in [2.24, 2.45) is 0 Å². The van der Waals surface area contributed by atoms with Crippen molar-refractivity contribution in [2.75, 3.05) is 25.2 Å². The van der Waals surface area contributed by atoms with Gasteiger partial charge in [-0.25, -0.2) is 0 Å². The number of anilines is 1. The summed E-state index contributed by atoms with van der Waals surface area (Å²) in [5.41, 5.74) is 4.65. The summed E-state index contributed by atoms with van der Waals surface area (Å²) in [6, 6.07) is 18.6. The molecule has 0 aliphatic carbocycles. The maximum atomic E-state index is 6.04. The van der Waals surface area contributed by atoms with Crippen LogP contribution in [0, 0.1) is 6.92 Å². The van der Waals surface area contributed by atoms with Crippen LogP contribution in [0.3, 0.4) is 0 Å². The van der Waals surface area contributed by atoms with Gasteiger partial charge < -0.3 is 18.9 Å². The van der Waals surface area contributed by atoms with E-state index in [1.807, 2.05) is 18.2 Å². The topological polar surface area (TPSA) is 26.6 Å². The molecule has 1 atom stereocenters. The van der Waals surface area contributed by atoms with Crippen molar-refractivity contribution in [2.45, 2.75) is 13.2 Å². The van der Waals surface area contributed by atoms with Crippen LogP contribution in [0.15, 0.2) is 67.0 Å². The van der Waals surface area contributed by atoms with Gasteiger partial charge in [-0.1, -0.05) is 30.3 Å². The molecule has 2 heterocycles. The lowest BCUT2D eigenvalue weighted by molar-refractivity contribution is 0.113. The lowest BCUT2D eigenvalue weighted by Gasteiger charge is -2.26. The third kappa shape index (κ3) is 2.89. The van der Waals surface area contributed by atoms with Gasteiger partial charge in [-0.15, -0.1) is 0 Å². The Bertz CT molecular complexity index is 872. The Kier molecular flexibility index (Phi) is 4.20. The third-order valence-electron chi connectivity index (χ3n) is 4.68. The van der Waals surface area contributed by atoms with Crippen molar-refractivity contribution in [1.82, 2.24) is 4.57 Å². The van der Waals surface area contributed by atoms with Crippen molar-refractivity contribution in [3.63, 3.8) is 0 Å². The van der Waals surface area contributed by atoms with E-state index < -0.39 is 0 Å². The quantitative estimate of drug-likeness (QED) is 0.710. The molecule has 0 amide bonds. The first-order chi connectivity index (χ1) is 12.3. The molecule has 0 bridgehead atoms. The SMILES string of the molecule is COc1ccccc1N1CCOC1c1ccn(-c2ccccc2C)c1. The molecular formula is C21H22N2O2. The fraction of sp³-hybridized carbons (Fsp3) is 0.238. The van der Waals surface area contributed by atoms with E-state index in [0.717, 1.165) is 23.5 Å². The monoisotopic (exact) mass is 334 g/mol. The minimum atomic E-state index is -0.0958. The fourth-order valence-electron chi connectivity index (χ4n) is 3.42. The van der Waals surface area contributed by atoms with Crippen LogP contribution >= 0.6 is 0 Å².